The number of aromatic nitrogens is 1. The molecule has 0 radical (unpaired) electrons. The molecule has 4 rings (SSSR count). The van der Waals surface area contributed by atoms with Crippen LogP contribution in [0.1, 0.15) is 43.2 Å². The lowest BCUT2D eigenvalue weighted by molar-refractivity contribution is -0.141. The van der Waals surface area contributed by atoms with Crippen molar-refractivity contribution >= 4 is 33.4 Å². The number of thiazole rings is 1. The van der Waals surface area contributed by atoms with E-state index in [-0.39, 0.29) is 23.8 Å². The summed E-state index contributed by atoms with van der Waals surface area (Å²) in [5.41, 5.74) is 1.01. The number of carbonyl (C=O) groups excluding carboxylic acids is 2. The number of piperidine rings is 2. The predicted octanol–water partition coefficient (Wildman–Crippen LogP) is 2.88. The third-order valence-electron chi connectivity index (χ3n) is 5.00. The SMILES string of the molecule is O=C1CC[C@H](C(=O)N2CCCC[C@@H]2c2nc3ccccc3s2)CN1. The van der Waals surface area contributed by atoms with Crippen molar-refractivity contribution in [2.24, 2.45) is 5.92 Å². The third kappa shape index (κ3) is 2.90. The molecule has 3 heterocycles. The van der Waals surface area contributed by atoms with Crippen LogP contribution in [0.25, 0.3) is 10.2 Å². The zero-order chi connectivity index (χ0) is 16.5. The highest BCUT2D eigenvalue weighted by Gasteiger charge is 2.35. The molecule has 0 saturated carbocycles. The summed E-state index contributed by atoms with van der Waals surface area (Å²) < 4.78 is 1.18. The van der Waals surface area contributed by atoms with E-state index in [9.17, 15) is 9.59 Å². The summed E-state index contributed by atoms with van der Waals surface area (Å²) in [6.07, 6.45) is 4.27. The number of carbonyl (C=O) groups is 2. The molecule has 0 aliphatic carbocycles. The molecule has 1 aromatic heterocycles. The molecule has 2 atom stereocenters. The monoisotopic (exact) mass is 343 g/mol. The van der Waals surface area contributed by atoms with Crippen LogP contribution in [-0.4, -0.2) is 34.8 Å². The summed E-state index contributed by atoms with van der Waals surface area (Å²) in [7, 11) is 0. The molecule has 1 aromatic carbocycles. The van der Waals surface area contributed by atoms with Gasteiger partial charge in [0.05, 0.1) is 22.2 Å². The van der Waals surface area contributed by atoms with E-state index < -0.39 is 0 Å². The third-order valence-corrected chi connectivity index (χ3v) is 6.13. The molecule has 6 heteroatoms. The first-order valence-electron chi connectivity index (χ1n) is 8.65. The summed E-state index contributed by atoms with van der Waals surface area (Å²) in [5.74, 6) is 0.150. The molecule has 5 nitrogen and oxygen atoms in total. The van der Waals surface area contributed by atoms with Gasteiger partial charge in [0, 0.05) is 19.5 Å². The van der Waals surface area contributed by atoms with E-state index in [2.05, 4.69) is 11.4 Å². The van der Waals surface area contributed by atoms with E-state index in [1.807, 2.05) is 23.1 Å². The van der Waals surface area contributed by atoms with Crippen molar-refractivity contribution in [2.75, 3.05) is 13.1 Å². The Bertz CT molecular complexity index is 729. The minimum Gasteiger partial charge on any atom is -0.355 e. The Morgan fingerprint density at radius 2 is 2.12 bits per heavy atom. The first-order chi connectivity index (χ1) is 11.7. The van der Waals surface area contributed by atoms with Crippen LogP contribution in [0.4, 0.5) is 0 Å². The van der Waals surface area contributed by atoms with Gasteiger partial charge in [0.25, 0.3) is 0 Å². The van der Waals surface area contributed by atoms with Crippen LogP contribution in [0.3, 0.4) is 0 Å². The van der Waals surface area contributed by atoms with E-state index in [4.69, 9.17) is 4.98 Å². The van der Waals surface area contributed by atoms with Crippen molar-refractivity contribution in [3.63, 3.8) is 0 Å². The molecule has 0 unspecified atom stereocenters. The number of likely N-dealkylation sites (tertiary alicyclic amines) is 1. The van der Waals surface area contributed by atoms with Crippen LogP contribution >= 0.6 is 11.3 Å². The number of rotatable bonds is 2. The molecule has 126 valence electrons. The fourth-order valence-electron chi connectivity index (χ4n) is 3.66. The summed E-state index contributed by atoms with van der Waals surface area (Å²) in [6, 6.07) is 8.23. The fraction of sp³-hybridized carbons (Fsp3) is 0.500. The predicted molar refractivity (Wildman–Crippen MR) is 93.7 cm³/mol. The number of benzene rings is 1. The topological polar surface area (TPSA) is 62.3 Å². The largest absolute Gasteiger partial charge is 0.355 e. The Labute approximate surface area is 145 Å². The number of hydrogen-bond acceptors (Lipinski definition) is 4. The average Bonchev–Trinajstić information content (AvgIpc) is 3.06. The van der Waals surface area contributed by atoms with Crippen LogP contribution in [0.5, 0.6) is 0 Å². The molecular weight excluding hydrogens is 322 g/mol. The molecule has 2 fully saturated rings. The second-order valence-electron chi connectivity index (χ2n) is 6.60. The standard InChI is InChI=1S/C18H21N3O2S/c22-16-9-8-12(11-19-16)18(23)21-10-4-3-6-14(21)17-20-13-5-1-2-7-15(13)24-17/h1-2,5,7,12,14H,3-4,6,8-11H2,(H,19,22)/t12-,14+/m0/s1. The Morgan fingerprint density at radius 3 is 2.92 bits per heavy atom. The second-order valence-corrected chi connectivity index (χ2v) is 7.66. The smallest absolute Gasteiger partial charge is 0.228 e. The lowest BCUT2D eigenvalue weighted by Gasteiger charge is -2.37. The summed E-state index contributed by atoms with van der Waals surface area (Å²) in [6.45, 7) is 1.27. The van der Waals surface area contributed by atoms with E-state index in [1.54, 1.807) is 11.3 Å². The van der Waals surface area contributed by atoms with Gasteiger partial charge in [0.15, 0.2) is 0 Å². The van der Waals surface area contributed by atoms with E-state index in [0.29, 0.717) is 19.4 Å². The highest BCUT2D eigenvalue weighted by molar-refractivity contribution is 7.18. The molecule has 2 aliphatic rings. The second kappa shape index (κ2) is 6.51. The molecule has 24 heavy (non-hydrogen) atoms. The zero-order valence-electron chi connectivity index (χ0n) is 13.5. The van der Waals surface area contributed by atoms with Gasteiger partial charge in [0.1, 0.15) is 5.01 Å². The van der Waals surface area contributed by atoms with Crippen molar-refractivity contribution in [3.05, 3.63) is 29.3 Å². The lowest BCUT2D eigenvalue weighted by Crippen LogP contribution is -2.47. The van der Waals surface area contributed by atoms with Crippen LogP contribution in [-0.2, 0) is 9.59 Å². The quantitative estimate of drug-likeness (QED) is 0.912. The highest BCUT2D eigenvalue weighted by Crippen LogP contribution is 2.36. The van der Waals surface area contributed by atoms with Crippen LogP contribution in [0.2, 0.25) is 0 Å². The number of fused-ring (bicyclic) bond motifs is 1. The number of nitrogens with one attached hydrogen (secondary N) is 1. The van der Waals surface area contributed by atoms with Gasteiger partial charge in [0.2, 0.25) is 11.8 Å². The van der Waals surface area contributed by atoms with Gasteiger partial charge in [-0.2, -0.15) is 0 Å². The minimum atomic E-state index is -0.0855. The minimum absolute atomic E-state index is 0.0559. The lowest BCUT2D eigenvalue weighted by atomic mass is 9.94. The van der Waals surface area contributed by atoms with Crippen molar-refractivity contribution < 1.29 is 9.59 Å². The molecule has 0 bridgehead atoms. The highest BCUT2D eigenvalue weighted by atomic mass is 32.1. The van der Waals surface area contributed by atoms with Crippen molar-refractivity contribution in [2.45, 2.75) is 38.1 Å². The fourth-order valence-corrected chi connectivity index (χ4v) is 4.78. The van der Waals surface area contributed by atoms with Gasteiger partial charge in [-0.3, -0.25) is 9.59 Å². The van der Waals surface area contributed by atoms with Gasteiger partial charge in [-0.15, -0.1) is 11.3 Å². The maximum Gasteiger partial charge on any atom is 0.228 e. The maximum absolute atomic E-state index is 13.0. The average molecular weight is 343 g/mol. The molecule has 2 amide bonds. The van der Waals surface area contributed by atoms with Crippen molar-refractivity contribution in [1.82, 2.24) is 15.2 Å². The Morgan fingerprint density at radius 1 is 1.25 bits per heavy atom. The summed E-state index contributed by atoms with van der Waals surface area (Å²) in [4.78, 5) is 31.2. The molecule has 2 aliphatic heterocycles. The van der Waals surface area contributed by atoms with E-state index in [0.717, 1.165) is 36.3 Å². The summed E-state index contributed by atoms with van der Waals surface area (Å²) in [5, 5.41) is 3.87. The number of hydrogen-bond donors (Lipinski definition) is 1. The number of para-hydroxylation sites is 1. The van der Waals surface area contributed by atoms with Gasteiger partial charge in [-0.1, -0.05) is 12.1 Å². The first kappa shape index (κ1) is 15.6. The molecule has 2 aromatic rings. The Hall–Kier alpha value is -1.95. The molecule has 0 spiro atoms. The number of nitrogens with zero attached hydrogens (tertiary/aromatic N) is 2. The van der Waals surface area contributed by atoms with Crippen LogP contribution in [0, 0.1) is 5.92 Å². The van der Waals surface area contributed by atoms with Crippen molar-refractivity contribution in [1.29, 1.82) is 0 Å². The Kier molecular flexibility index (Phi) is 4.22. The van der Waals surface area contributed by atoms with Gasteiger partial charge < -0.3 is 10.2 Å². The van der Waals surface area contributed by atoms with E-state index in [1.165, 1.54) is 4.70 Å². The zero-order valence-corrected chi connectivity index (χ0v) is 14.3. The molecule has 2 saturated heterocycles. The van der Waals surface area contributed by atoms with Crippen molar-refractivity contribution in [3.8, 4) is 0 Å². The van der Waals surface area contributed by atoms with Crippen LogP contribution in [0.15, 0.2) is 24.3 Å². The molecule has 1 N–H and O–H groups in total. The Balaban J connectivity index is 1.58. The number of amides is 2. The van der Waals surface area contributed by atoms with Gasteiger partial charge in [-0.05, 0) is 37.8 Å². The van der Waals surface area contributed by atoms with E-state index >= 15 is 0 Å². The first-order valence-corrected chi connectivity index (χ1v) is 9.46. The maximum atomic E-state index is 13.0. The van der Waals surface area contributed by atoms with Gasteiger partial charge >= 0.3 is 0 Å². The van der Waals surface area contributed by atoms with Gasteiger partial charge in [-0.25, -0.2) is 4.98 Å². The summed E-state index contributed by atoms with van der Waals surface area (Å²) >= 11 is 1.70. The molecular formula is C18H21N3O2S. The van der Waals surface area contributed by atoms with Crippen LogP contribution < -0.4 is 5.32 Å². The normalized spacial score (nSPS) is 24.8.